The first-order valence-electron chi connectivity index (χ1n) is 9.75. The molecule has 1 aromatic carbocycles. The molecule has 8 nitrogen and oxygen atoms in total. The number of anilines is 1. The summed E-state index contributed by atoms with van der Waals surface area (Å²) in [5, 5.41) is 6.92. The van der Waals surface area contributed by atoms with Gasteiger partial charge in [0.05, 0.1) is 12.5 Å². The number of unbranched alkanes of at least 4 members (excludes halogenated alkanes) is 1. The molecule has 1 saturated heterocycles. The maximum absolute atomic E-state index is 12.4. The summed E-state index contributed by atoms with van der Waals surface area (Å²) in [4.78, 5) is 22.5. The van der Waals surface area contributed by atoms with E-state index in [1.165, 1.54) is 0 Å². The van der Waals surface area contributed by atoms with Crippen molar-refractivity contribution in [1.82, 2.24) is 20.0 Å². The van der Waals surface area contributed by atoms with Crippen molar-refractivity contribution in [1.29, 1.82) is 0 Å². The first-order chi connectivity index (χ1) is 14.2. The van der Waals surface area contributed by atoms with E-state index in [-0.39, 0.29) is 11.9 Å². The molecule has 150 valence electrons. The number of pyridine rings is 1. The third kappa shape index (κ3) is 4.53. The average Bonchev–Trinajstić information content (AvgIpc) is 3.19. The summed E-state index contributed by atoms with van der Waals surface area (Å²) < 4.78 is 11.0. The summed E-state index contributed by atoms with van der Waals surface area (Å²) in [7, 11) is 0. The van der Waals surface area contributed by atoms with Crippen LogP contribution in [0.25, 0.3) is 11.4 Å². The fraction of sp³-hybridized carbons (Fsp3) is 0.333. The van der Waals surface area contributed by atoms with Gasteiger partial charge < -0.3 is 19.5 Å². The van der Waals surface area contributed by atoms with Crippen LogP contribution in [0.15, 0.2) is 53.3 Å². The Morgan fingerprint density at radius 1 is 1.21 bits per heavy atom. The number of hydrogen-bond donors (Lipinski definition) is 1. The molecule has 1 fully saturated rings. The van der Waals surface area contributed by atoms with Crippen LogP contribution >= 0.6 is 0 Å². The minimum Gasteiger partial charge on any atom is -0.494 e. The number of amides is 2. The normalized spacial score (nSPS) is 13.8. The van der Waals surface area contributed by atoms with Gasteiger partial charge in [0.25, 0.3) is 0 Å². The van der Waals surface area contributed by atoms with Crippen LogP contribution < -0.4 is 10.1 Å². The highest BCUT2D eigenvalue weighted by Gasteiger charge is 2.35. The lowest BCUT2D eigenvalue weighted by Crippen LogP contribution is -2.50. The number of aromatic nitrogens is 3. The van der Waals surface area contributed by atoms with E-state index in [2.05, 4.69) is 27.4 Å². The Kier molecular flexibility index (Phi) is 5.69. The van der Waals surface area contributed by atoms with E-state index in [4.69, 9.17) is 9.26 Å². The number of rotatable bonds is 7. The molecule has 2 amide bonds. The average molecular weight is 393 g/mol. The minimum atomic E-state index is -0.144. The quantitative estimate of drug-likeness (QED) is 0.611. The van der Waals surface area contributed by atoms with E-state index in [0.717, 1.165) is 29.8 Å². The highest BCUT2D eigenvalue weighted by molar-refractivity contribution is 5.90. The Bertz CT molecular complexity index is 936. The van der Waals surface area contributed by atoms with Crippen molar-refractivity contribution in [3.8, 4) is 17.1 Å². The number of nitrogens with one attached hydrogen (secondary N) is 1. The molecule has 0 radical (unpaired) electrons. The van der Waals surface area contributed by atoms with Crippen molar-refractivity contribution in [2.24, 2.45) is 0 Å². The topological polar surface area (TPSA) is 93.4 Å². The van der Waals surface area contributed by atoms with Gasteiger partial charge in [-0.25, -0.2) is 4.79 Å². The number of likely N-dealkylation sites (tertiary alicyclic amines) is 1. The van der Waals surface area contributed by atoms with Crippen LogP contribution in [-0.4, -0.2) is 45.8 Å². The summed E-state index contributed by atoms with van der Waals surface area (Å²) in [6, 6.07) is 10.9. The molecule has 3 heterocycles. The molecule has 0 spiro atoms. The summed E-state index contributed by atoms with van der Waals surface area (Å²) >= 11 is 0. The lowest BCUT2D eigenvalue weighted by atomic mass is 10.0. The molecule has 29 heavy (non-hydrogen) atoms. The van der Waals surface area contributed by atoms with E-state index in [1.54, 1.807) is 17.3 Å². The smallest absolute Gasteiger partial charge is 0.321 e. The van der Waals surface area contributed by atoms with Gasteiger partial charge in [0.15, 0.2) is 0 Å². The summed E-state index contributed by atoms with van der Waals surface area (Å²) in [6.45, 7) is 3.92. The third-order valence-corrected chi connectivity index (χ3v) is 4.77. The molecule has 1 N–H and O–H groups in total. The SMILES string of the molecule is CCCCOc1ccc(NC(=O)N2CC(c3nc(-c4ccncc4)no3)C2)cc1. The first kappa shape index (κ1) is 18.9. The Balaban J connectivity index is 1.27. The molecule has 8 heteroatoms. The maximum Gasteiger partial charge on any atom is 0.321 e. The van der Waals surface area contributed by atoms with Gasteiger partial charge in [0, 0.05) is 36.7 Å². The highest BCUT2D eigenvalue weighted by atomic mass is 16.5. The fourth-order valence-corrected chi connectivity index (χ4v) is 2.99. The van der Waals surface area contributed by atoms with Crippen LogP contribution in [0.4, 0.5) is 10.5 Å². The van der Waals surface area contributed by atoms with Crippen LogP contribution in [0, 0.1) is 0 Å². The van der Waals surface area contributed by atoms with Crippen LogP contribution in [0.5, 0.6) is 5.75 Å². The van der Waals surface area contributed by atoms with E-state index in [9.17, 15) is 4.79 Å². The Labute approximate surface area is 168 Å². The number of nitrogens with zero attached hydrogens (tertiary/aromatic N) is 4. The Morgan fingerprint density at radius 2 is 1.97 bits per heavy atom. The van der Waals surface area contributed by atoms with Gasteiger partial charge in [0.2, 0.25) is 11.7 Å². The van der Waals surface area contributed by atoms with Crippen molar-refractivity contribution in [3.63, 3.8) is 0 Å². The molecule has 1 aliphatic heterocycles. The van der Waals surface area contributed by atoms with Crippen LogP contribution in [-0.2, 0) is 0 Å². The molecule has 2 aromatic heterocycles. The molecule has 0 unspecified atom stereocenters. The maximum atomic E-state index is 12.4. The highest BCUT2D eigenvalue weighted by Crippen LogP contribution is 2.28. The van der Waals surface area contributed by atoms with Crippen molar-refractivity contribution in [2.75, 3.05) is 25.0 Å². The van der Waals surface area contributed by atoms with Gasteiger partial charge in [-0.15, -0.1) is 0 Å². The van der Waals surface area contributed by atoms with Gasteiger partial charge in [-0.3, -0.25) is 4.98 Å². The Hall–Kier alpha value is -3.42. The van der Waals surface area contributed by atoms with Crippen LogP contribution in [0.1, 0.15) is 31.6 Å². The third-order valence-electron chi connectivity index (χ3n) is 4.77. The van der Waals surface area contributed by atoms with Gasteiger partial charge in [-0.2, -0.15) is 4.98 Å². The van der Waals surface area contributed by atoms with Crippen molar-refractivity contribution in [2.45, 2.75) is 25.7 Å². The molecule has 1 aliphatic rings. The standard InChI is InChI=1S/C21H23N5O3/c1-2-3-12-28-18-6-4-17(5-7-18)23-21(27)26-13-16(14-26)20-24-19(25-29-20)15-8-10-22-11-9-15/h4-11,16H,2-3,12-14H2,1H3,(H,23,27). The zero-order valence-electron chi connectivity index (χ0n) is 16.2. The molecular weight excluding hydrogens is 370 g/mol. The molecule has 0 bridgehead atoms. The van der Waals surface area contributed by atoms with E-state index < -0.39 is 0 Å². The number of carbonyl (C=O) groups excluding carboxylic acids is 1. The van der Waals surface area contributed by atoms with Crippen molar-refractivity contribution in [3.05, 3.63) is 54.7 Å². The molecule has 0 aliphatic carbocycles. The second-order valence-electron chi connectivity index (χ2n) is 6.95. The molecular formula is C21H23N5O3. The zero-order chi connectivity index (χ0) is 20.1. The fourth-order valence-electron chi connectivity index (χ4n) is 2.99. The molecule has 0 saturated carbocycles. The summed E-state index contributed by atoms with van der Waals surface area (Å²) in [6.07, 6.45) is 5.49. The number of benzene rings is 1. The summed E-state index contributed by atoms with van der Waals surface area (Å²) in [5.74, 6) is 1.95. The lowest BCUT2D eigenvalue weighted by molar-refractivity contribution is 0.147. The largest absolute Gasteiger partial charge is 0.494 e. The van der Waals surface area contributed by atoms with Crippen molar-refractivity contribution >= 4 is 11.7 Å². The lowest BCUT2D eigenvalue weighted by Gasteiger charge is -2.36. The number of urea groups is 1. The molecule has 3 aromatic rings. The van der Waals surface area contributed by atoms with Crippen molar-refractivity contribution < 1.29 is 14.1 Å². The predicted molar refractivity (Wildman–Crippen MR) is 108 cm³/mol. The second kappa shape index (κ2) is 8.72. The zero-order valence-corrected chi connectivity index (χ0v) is 16.2. The Morgan fingerprint density at radius 3 is 2.69 bits per heavy atom. The summed E-state index contributed by atoms with van der Waals surface area (Å²) in [5.41, 5.74) is 1.59. The number of hydrogen-bond acceptors (Lipinski definition) is 6. The predicted octanol–water partition coefficient (Wildman–Crippen LogP) is 3.94. The second-order valence-corrected chi connectivity index (χ2v) is 6.95. The first-order valence-corrected chi connectivity index (χ1v) is 9.75. The van der Waals surface area contributed by atoms with Crippen LogP contribution in [0.3, 0.4) is 0 Å². The van der Waals surface area contributed by atoms with E-state index >= 15 is 0 Å². The van der Waals surface area contributed by atoms with Gasteiger partial charge in [0.1, 0.15) is 5.75 Å². The van der Waals surface area contributed by atoms with E-state index in [0.29, 0.717) is 31.4 Å². The minimum absolute atomic E-state index is 0.0539. The van der Waals surface area contributed by atoms with E-state index in [1.807, 2.05) is 36.4 Å². The monoisotopic (exact) mass is 393 g/mol. The van der Waals surface area contributed by atoms with Gasteiger partial charge in [-0.05, 0) is 42.8 Å². The number of carbonyl (C=O) groups is 1. The van der Waals surface area contributed by atoms with Crippen LogP contribution in [0.2, 0.25) is 0 Å². The molecule has 0 atom stereocenters. The van der Waals surface area contributed by atoms with Gasteiger partial charge >= 0.3 is 6.03 Å². The molecule has 4 rings (SSSR count). The number of ether oxygens (including phenoxy) is 1. The van der Waals surface area contributed by atoms with Gasteiger partial charge in [-0.1, -0.05) is 18.5 Å².